The fraction of sp³-hybridized carbons (Fsp3) is 0.500. The largest absolute Gasteiger partial charge is 0.497 e. The molecule has 1 aliphatic heterocycles. The Kier molecular flexibility index (Phi) is 4.69. The van der Waals surface area contributed by atoms with Crippen LogP contribution in [0.15, 0.2) is 24.3 Å². The molecule has 0 radical (unpaired) electrons. The van der Waals surface area contributed by atoms with Gasteiger partial charge in [-0.05, 0) is 31.2 Å². The fourth-order valence-electron chi connectivity index (χ4n) is 2.23. The Hall–Kier alpha value is -1.23. The van der Waals surface area contributed by atoms with Crippen LogP contribution in [0.25, 0.3) is 0 Å². The molecule has 1 amide bonds. The molecule has 0 spiro atoms. The topological polar surface area (TPSA) is 32.8 Å². The Morgan fingerprint density at radius 1 is 1.21 bits per heavy atom. The lowest BCUT2D eigenvalue weighted by Crippen LogP contribution is -2.50. The van der Waals surface area contributed by atoms with Crippen molar-refractivity contribution in [1.82, 2.24) is 4.90 Å². The van der Waals surface area contributed by atoms with Crippen molar-refractivity contribution in [3.63, 3.8) is 0 Å². The number of amides is 1. The Labute approximate surface area is 122 Å². The lowest BCUT2D eigenvalue weighted by atomic mass is 10.2. The first-order valence-corrected chi connectivity index (χ1v) is 7.35. The molecule has 1 heterocycles. The van der Waals surface area contributed by atoms with E-state index in [1.54, 1.807) is 7.11 Å². The minimum absolute atomic E-state index is 0.0972. The fourth-order valence-corrected chi connectivity index (χ4v) is 2.52. The number of piperazine rings is 1. The van der Waals surface area contributed by atoms with Crippen LogP contribution in [0.3, 0.4) is 0 Å². The van der Waals surface area contributed by atoms with Gasteiger partial charge in [-0.3, -0.25) is 4.79 Å². The maximum Gasteiger partial charge on any atom is 0.236 e. The molecule has 0 bridgehead atoms. The van der Waals surface area contributed by atoms with Gasteiger partial charge in [0.1, 0.15) is 5.75 Å². The average Bonchev–Trinajstić information content (AvgIpc) is 2.46. The Bertz CT molecular complexity index is 426. The summed E-state index contributed by atoms with van der Waals surface area (Å²) in [6.45, 7) is 5.18. The van der Waals surface area contributed by atoms with Gasteiger partial charge in [-0.15, -0.1) is 0 Å². The smallest absolute Gasteiger partial charge is 0.236 e. The second-order valence-corrected chi connectivity index (χ2v) is 6.00. The molecular weight excluding hydrogens is 308 g/mol. The van der Waals surface area contributed by atoms with Crippen molar-refractivity contribution in [3.05, 3.63) is 24.3 Å². The number of hydrogen-bond donors (Lipinski definition) is 0. The monoisotopic (exact) mass is 326 g/mol. The summed E-state index contributed by atoms with van der Waals surface area (Å²) in [7, 11) is 1.67. The molecule has 1 saturated heterocycles. The highest BCUT2D eigenvalue weighted by Crippen LogP contribution is 2.20. The first kappa shape index (κ1) is 14.2. The van der Waals surface area contributed by atoms with Crippen molar-refractivity contribution in [3.8, 4) is 5.75 Å². The van der Waals surface area contributed by atoms with Crippen LogP contribution in [0, 0.1) is 0 Å². The van der Waals surface area contributed by atoms with E-state index in [4.69, 9.17) is 4.74 Å². The van der Waals surface area contributed by atoms with E-state index in [2.05, 4.69) is 33.0 Å². The SMILES string of the molecule is COc1ccc(N2CCN(C(=O)C(C)Br)CC2)cc1. The highest BCUT2D eigenvalue weighted by molar-refractivity contribution is 9.10. The first-order chi connectivity index (χ1) is 9.11. The van der Waals surface area contributed by atoms with Crippen molar-refractivity contribution >= 4 is 27.5 Å². The van der Waals surface area contributed by atoms with E-state index >= 15 is 0 Å². The summed E-state index contributed by atoms with van der Waals surface area (Å²) in [5, 5.41) is 0. The van der Waals surface area contributed by atoms with Crippen molar-refractivity contribution < 1.29 is 9.53 Å². The van der Waals surface area contributed by atoms with Crippen LogP contribution in [-0.2, 0) is 4.79 Å². The number of ether oxygens (including phenoxy) is 1. The zero-order valence-corrected chi connectivity index (χ0v) is 12.9. The molecule has 5 heteroatoms. The van der Waals surface area contributed by atoms with Gasteiger partial charge in [0.15, 0.2) is 0 Å². The summed E-state index contributed by atoms with van der Waals surface area (Å²) in [5.41, 5.74) is 1.18. The van der Waals surface area contributed by atoms with Gasteiger partial charge in [-0.1, -0.05) is 15.9 Å². The number of halogens is 1. The molecule has 4 nitrogen and oxygen atoms in total. The van der Waals surface area contributed by atoms with E-state index in [9.17, 15) is 4.79 Å². The normalized spacial score (nSPS) is 17.2. The number of nitrogens with zero attached hydrogens (tertiary/aromatic N) is 2. The van der Waals surface area contributed by atoms with Gasteiger partial charge >= 0.3 is 0 Å². The number of hydrogen-bond acceptors (Lipinski definition) is 3. The number of alkyl halides is 1. The summed E-state index contributed by atoms with van der Waals surface area (Å²) in [6.07, 6.45) is 0. The molecule has 1 fully saturated rings. The summed E-state index contributed by atoms with van der Waals surface area (Å²) in [4.78, 5) is 16.0. The van der Waals surface area contributed by atoms with Gasteiger partial charge in [0.25, 0.3) is 0 Å². The van der Waals surface area contributed by atoms with Gasteiger partial charge in [0.05, 0.1) is 11.9 Å². The van der Waals surface area contributed by atoms with E-state index in [0.717, 1.165) is 31.9 Å². The molecule has 0 aliphatic carbocycles. The number of rotatable bonds is 3. The number of methoxy groups -OCH3 is 1. The molecular formula is C14H19BrN2O2. The van der Waals surface area contributed by atoms with Crippen LogP contribution in [0.4, 0.5) is 5.69 Å². The van der Waals surface area contributed by atoms with Gasteiger partial charge in [-0.2, -0.15) is 0 Å². The number of anilines is 1. The van der Waals surface area contributed by atoms with Crippen molar-refractivity contribution in [2.24, 2.45) is 0 Å². The molecule has 0 aromatic heterocycles. The second kappa shape index (κ2) is 6.28. The predicted molar refractivity (Wildman–Crippen MR) is 80.2 cm³/mol. The van der Waals surface area contributed by atoms with E-state index in [1.165, 1.54) is 5.69 Å². The zero-order valence-electron chi connectivity index (χ0n) is 11.3. The molecule has 104 valence electrons. The summed E-state index contributed by atoms with van der Waals surface area (Å²) in [5.74, 6) is 1.04. The standard InChI is InChI=1S/C14H19BrN2O2/c1-11(15)14(18)17-9-7-16(8-10-17)12-3-5-13(19-2)6-4-12/h3-6,11H,7-10H2,1-2H3. The maximum absolute atomic E-state index is 11.9. The van der Waals surface area contributed by atoms with Crippen molar-refractivity contribution in [2.75, 3.05) is 38.2 Å². The van der Waals surface area contributed by atoms with E-state index < -0.39 is 0 Å². The average molecular weight is 327 g/mol. The first-order valence-electron chi connectivity index (χ1n) is 6.43. The molecule has 2 rings (SSSR count). The molecule has 19 heavy (non-hydrogen) atoms. The summed E-state index contributed by atoms with van der Waals surface area (Å²) in [6, 6.07) is 8.05. The third-order valence-electron chi connectivity index (χ3n) is 3.37. The van der Waals surface area contributed by atoms with Crippen LogP contribution in [0.5, 0.6) is 5.75 Å². The third-order valence-corrected chi connectivity index (χ3v) is 3.76. The number of benzene rings is 1. The Morgan fingerprint density at radius 3 is 2.26 bits per heavy atom. The third kappa shape index (κ3) is 3.41. The lowest BCUT2D eigenvalue weighted by Gasteiger charge is -2.36. The Morgan fingerprint density at radius 2 is 1.79 bits per heavy atom. The van der Waals surface area contributed by atoms with Gasteiger partial charge < -0.3 is 14.5 Å². The van der Waals surface area contributed by atoms with Crippen molar-refractivity contribution in [2.45, 2.75) is 11.8 Å². The molecule has 1 aromatic carbocycles. The van der Waals surface area contributed by atoms with E-state index in [0.29, 0.717) is 0 Å². The molecule has 1 aliphatic rings. The van der Waals surface area contributed by atoms with Gasteiger partial charge in [0.2, 0.25) is 5.91 Å². The molecule has 1 unspecified atom stereocenters. The minimum Gasteiger partial charge on any atom is -0.497 e. The Balaban J connectivity index is 1.94. The van der Waals surface area contributed by atoms with Crippen LogP contribution in [-0.4, -0.2) is 48.9 Å². The second-order valence-electron chi connectivity index (χ2n) is 4.63. The predicted octanol–water partition coefficient (Wildman–Crippen LogP) is 2.13. The van der Waals surface area contributed by atoms with E-state index in [-0.39, 0.29) is 10.7 Å². The quantitative estimate of drug-likeness (QED) is 0.798. The van der Waals surface area contributed by atoms with E-state index in [1.807, 2.05) is 24.0 Å². The minimum atomic E-state index is -0.0972. The molecule has 1 aromatic rings. The van der Waals surface area contributed by atoms with Gasteiger partial charge in [-0.25, -0.2) is 0 Å². The van der Waals surface area contributed by atoms with Crippen LogP contribution in [0.1, 0.15) is 6.92 Å². The molecule has 0 saturated carbocycles. The highest BCUT2D eigenvalue weighted by atomic mass is 79.9. The zero-order chi connectivity index (χ0) is 13.8. The molecule has 0 N–H and O–H groups in total. The number of carbonyl (C=O) groups is 1. The maximum atomic E-state index is 11.9. The summed E-state index contributed by atoms with van der Waals surface area (Å²) < 4.78 is 5.15. The highest BCUT2D eigenvalue weighted by Gasteiger charge is 2.23. The van der Waals surface area contributed by atoms with Crippen LogP contribution < -0.4 is 9.64 Å². The van der Waals surface area contributed by atoms with Gasteiger partial charge in [0, 0.05) is 31.9 Å². The van der Waals surface area contributed by atoms with Crippen molar-refractivity contribution in [1.29, 1.82) is 0 Å². The summed E-state index contributed by atoms with van der Waals surface area (Å²) >= 11 is 3.33. The number of carbonyl (C=O) groups excluding carboxylic acids is 1. The van der Waals surface area contributed by atoms with Crippen LogP contribution in [0.2, 0.25) is 0 Å². The van der Waals surface area contributed by atoms with Crippen LogP contribution >= 0.6 is 15.9 Å². The lowest BCUT2D eigenvalue weighted by molar-refractivity contribution is -0.130. The molecule has 1 atom stereocenters.